The quantitative estimate of drug-likeness (QED) is 0.527. The summed E-state index contributed by atoms with van der Waals surface area (Å²) < 4.78 is 0. The van der Waals surface area contributed by atoms with Crippen LogP contribution in [-0.4, -0.2) is 22.2 Å². The first-order chi connectivity index (χ1) is 7.63. The molecule has 0 aliphatic heterocycles. The van der Waals surface area contributed by atoms with Gasteiger partial charge in [-0.05, 0) is 24.7 Å². The summed E-state index contributed by atoms with van der Waals surface area (Å²) in [5.41, 5.74) is 0. The van der Waals surface area contributed by atoms with Gasteiger partial charge >= 0.3 is 11.9 Å². The number of hydrogen-bond acceptors (Lipinski definition) is 2. The Labute approximate surface area is 94.7 Å². The van der Waals surface area contributed by atoms with Gasteiger partial charge in [-0.3, -0.25) is 4.79 Å². The summed E-state index contributed by atoms with van der Waals surface area (Å²) in [5.74, 6) is 7.35. The zero-order chi connectivity index (χ0) is 12.2. The first-order valence-corrected chi connectivity index (χ1v) is 5.06. The minimum Gasteiger partial charge on any atom is -0.481 e. The normalized spacial score (nSPS) is 8.25. The number of carbonyl (C=O) groups is 2. The van der Waals surface area contributed by atoms with Gasteiger partial charge < -0.3 is 10.2 Å². The lowest BCUT2D eigenvalue weighted by Gasteiger charge is -1.95. The van der Waals surface area contributed by atoms with E-state index in [9.17, 15) is 9.59 Å². The fourth-order valence-corrected chi connectivity index (χ4v) is 1.03. The maximum atomic E-state index is 10.2. The van der Waals surface area contributed by atoms with Gasteiger partial charge in [0.05, 0.1) is 0 Å². The minimum absolute atomic E-state index is 0.218. The van der Waals surface area contributed by atoms with Gasteiger partial charge in [-0.1, -0.05) is 18.8 Å². The Morgan fingerprint density at radius 3 is 2.25 bits per heavy atom. The molecule has 0 saturated heterocycles. The molecule has 0 aromatic heterocycles. The fourth-order valence-electron chi connectivity index (χ4n) is 1.03. The van der Waals surface area contributed by atoms with E-state index in [0.717, 1.165) is 19.3 Å². The summed E-state index contributed by atoms with van der Waals surface area (Å²) >= 11 is 0. The van der Waals surface area contributed by atoms with Crippen molar-refractivity contribution in [3.05, 3.63) is 0 Å². The molecule has 0 radical (unpaired) electrons. The summed E-state index contributed by atoms with van der Waals surface area (Å²) in [6.07, 6.45) is 4.29. The molecule has 0 aliphatic carbocycles. The van der Waals surface area contributed by atoms with Crippen LogP contribution in [-0.2, 0) is 9.59 Å². The van der Waals surface area contributed by atoms with Crippen LogP contribution >= 0.6 is 0 Å². The predicted octanol–water partition coefficient (Wildman–Crippen LogP) is 1.50. The summed E-state index contributed by atoms with van der Waals surface area (Å²) in [4.78, 5) is 20.1. The second-order valence-electron chi connectivity index (χ2n) is 3.16. The summed E-state index contributed by atoms with van der Waals surface area (Å²) in [7, 11) is 0. The number of carboxylic acids is 2. The van der Waals surface area contributed by atoms with Crippen molar-refractivity contribution in [1.29, 1.82) is 0 Å². The Bertz CT molecular complexity index is 349. The Balaban J connectivity index is 3.37. The number of aliphatic carboxylic acids is 2. The van der Waals surface area contributed by atoms with Crippen molar-refractivity contribution in [2.24, 2.45) is 0 Å². The van der Waals surface area contributed by atoms with Crippen molar-refractivity contribution in [1.82, 2.24) is 0 Å². The van der Waals surface area contributed by atoms with Gasteiger partial charge in [-0.15, -0.1) is 0 Å². The molecule has 0 spiro atoms. The van der Waals surface area contributed by atoms with Crippen LogP contribution in [0.25, 0.3) is 0 Å². The average Bonchev–Trinajstić information content (AvgIpc) is 2.20. The topological polar surface area (TPSA) is 74.6 Å². The van der Waals surface area contributed by atoms with Gasteiger partial charge in [0.25, 0.3) is 0 Å². The van der Waals surface area contributed by atoms with E-state index < -0.39 is 11.9 Å². The zero-order valence-corrected chi connectivity index (χ0v) is 8.95. The smallest absolute Gasteiger partial charge is 0.382 e. The van der Waals surface area contributed by atoms with Crippen molar-refractivity contribution in [2.45, 2.75) is 38.5 Å². The van der Waals surface area contributed by atoms with E-state index in [1.165, 1.54) is 0 Å². The van der Waals surface area contributed by atoms with Crippen LogP contribution in [0.4, 0.5) is 0 Å². The Hall–Kier alpha value is -1.94. The molecule has 0 bridgehead atoms. The van der Waals surface area contributed by atoms with Gasteiger partial charge in [0.2, 0.25) is 0 Å². The van der Waals surface area contributed by atoms with Crippen LogP contribution in [0.15, 0.2) is 0 Å². The van der Waals surface area contributed by atoms with E-state index in [-0.39, 0.29) is 6.42 Å². The molecule has 4 heteroatoms. The molecule has 0 aliphatic rings. The summed E-state index contributed by atoms with van der Waals surface area (Å²) in [6.45, 7) is 0. The van der Waals surface area contributed by atoms with E-state index >= 15 is 0 Å². The molecule has 0 amide bonds. The first kappa shape index (κ1) is 14.1. The highest BCUT2D eigenvalue weighted by molar-refractivity contribution is 5.87. The van der Waals surface area contributed by atoms with E-state index in [1.807, 2.05) is 5.92 Å². The molecule has 0 aromatic carbocycles. The van der Waals surface area contributed by atoms with Crippen molar-refractivity contribution in [2.75, 3.05) is 0 Å². The highest BCUT2D eigenvalue weighted by Gasteiger charge is 1.95. The first-order valence-electron chi connectivity index (χ1n) is 5.06. The number of rotatable bonds is 6. The molecule has 0 saturated carbocycles. The average molecular weight is 222 g/mol. The van der Waals surface area contributed by atoms with Gasteiger partial charge in [0, 0.05) is 18.8 Å². The van der Waals surface area contributed by atoms with Crippen molar-refractivity contribution in [3.63, 3.8) is 0 Å². The largest absolute Gasteiger partial charge is 0.481 e. The summed E-state index contributed by atoms with van der Waals surface area (Å²) in [5, 5.41) is 16.5. The van der Waals surface area contributed by atoms with Gasteiger partial charge in [-0.25, -0.2) is 4.79 Å². The molecular formula is C12H14O4. The molecule has 0 unspecified atom stereocenters. The van der Waals surface area contributed by atoms with Crippen LogP contribution in [0, 0.1) is 23.7 Å². The predicted molar refractivity (Wildman–Crippen MR) is 58.5 cm³/mol. The third kappa shape index (κ3) is 12.1. The molecule has 0 atom stereocenters. The highest BCUT2D eigenvalue weighted by atomic mass is 16.4. The maximum absolute atomic E-state index is 10.2. The highest BCUT2D eigenvalue weighted by Crippen LogP contribution is 2.04. The zero-order valence-electron chi connectivity index (χ0n) is 8.95. The third-order valence-electron chi connectivity index (χ3n) is 1.76. The van der Waals surface area contributed by atoms with Crippen LogP contribution in [0.3, 0.4) is 0 Å². The second kappa shape index (κ2) is 9.61. The molecule has 4 nitrogen and oxygen atoms in total. The van der Waals surface area contributed by atoms with Crippen molar-refractivity contribution >= 4 is 11.9 Å². The van der Waals surface area contributed by atoms with Crippen LogP contribution in [0.5, 0.6) is 0 Å². The van der Waals surface area contributed by atoms with Crippen LogP contribution < -0.4 is 0 Å². The van der Waals surface area contributed by atoms with E-state index in [1.54, 1.807) is 0 Å². The monoisotopic (exact) mass is 222 g/mol. The van der Waals surface area contributed by atoms with Crippen molar-refractivity contribution in [3.8, 4) is 23.7 Å². The Morgan fingerprint density at radius 2 is 1.62 bits per heavy atom. The Morgan fingerprint density at radius 1 is 0.938 bits per heavy atom. The van der Waals surface area contributed by atoms with Crippen LogP contribution in [0.1, 0.15) is 38.5 Å². The second-order valence-corrected chi connectivity index (χ2v) is 3.16. The third-order valence-corrected chi connectivity index (χ3v) is 1.76. The van der Waals surface area contributed by atoms with Crippen molar-refractivity contribution < 1.29 is 19.8 Å². The van der Waals surface area contributed by atoms with Gasteiger partial charge in [0.15, 0.2) is 0 Å². The van der Waals surface area contributed by atoms with Gasteiger partial charge in [0.1, 0.15) is 0 Å². The summed E-state index contributed by atoms with van der Waals surface area (Å²) in [6, 6.07) is 0. The number of unbranched alkanes of at least 4 members (excludes halogenated alkanes) is 4. The number of hydrogen-bond donors (Lipinski definition) is 2. The van der Waals surface area contributed by atoms with E-state index in [2.05, 4.69) is 17.8 Å². The fraction of sp³-hybridized carbons (Fsp3) is 0.500. The lowest BCUT2D eigenvalue weighted by molar-refractivity contribution is -0.137. The molecule has 16 heavy (non-hydrogen) atoms. The van der Waals surface area contributed by atoms with E-state index in [0.29, 0.717) is 12.8 Å². The SMILES string of the molecule is O=C(O)C#CC#CCCCCCCC(=O)O. The maximum Gasteiger partial charge on any atom is 0.382 e. The lowest BCUT2D eigenvalue weighted by Crippen LogP contribution is -1.93. The van der Waals surface area contributed by atoms with Gasteiger partial charge in [-0.2, -0.15) is 0 Å². The number of carboxylic acid groups (broad SMARTS) is 2. The molecule has 0 fully saturated rings. The minimum atomic E-state index is -1.18. The molecule has 0 rings (SSSR count). The lowest BCUT2D eigenvalue weighted by atomic mass is 10.1. The standard InChI is InChI=1S/C12H14O4/c13-11(14)9-7-5-3-1-2-4-6-8-10-12(15)16/h1-3,5,7,9H2,(H,13,14)(H,15,16). The molecule has 0 aromatic rings. The van der Waals surface area contributed by atoms with Crippen LogP contribution in [0.2, 0.25) is 0 Å². The molecule has 86 valence electrons. The van der Waals surface area contributed by atoms with E-state index in [4.69, 9.17) is 10.2 Å². The Kier molecular flexibility index (Phi) is 8.44. The molecule has 0 heterocycles. The molecular weight excluding hydrogens is 208 g/mol. The molecule has 2 N–H and O–H groups in total.